The Morgan fingerprint density at radius 2 is 1.81 bits per heavy atom. The van der Waals surface area contributed by atoms with Gasteiger partial charge in [-0.1, -0.05) is 24.3 Å². The Labute approximate surface area is 159 Å². The summed E-state index contributed by atoms with van der Waals surface area (Å²) in [6, 6.07) is 16.0. The molecule has 0 aliphatic rings. The molecule has 0 atom stereocenters. The minimum absolute atomic E-state index is 0.0561. The van der Waals surface area contributed by atoms with Crippen LogP contribution < -0.4 is 0 Å². The molecule has 0 spiro atoms. The van der Waals surface area contributed by atoms with Gasteiger partial charge in [0.1, 0.15) is 5.82 Å². The van der Waals surface area contributed by atoms with E-state index in [1.165, 1.54) is 12.1 Å². The van der Waals surface area contributed by atoms with Crippen molar-refractivity contribution in [2.75, 3.05) is 6.54 Å². The van der Waals surface area contributed by atoms with Crippen LogP contribution in [0, 0.1) is 19.7 Å². The second-order valence-corrected chi connectivity index (χ2v) is 6.73. The molecule has 5 heteroatoms. The van der Waals surface area contributed by atoms with E-state index in [1.54, 1.807) is 11.0 Å². The smallest absolute Gasteiger partial charge is 0.254 e. The number of aromatic nitrogens is 2. The standard InChI is InChI=1S/C22H24FN3O/c1-4-25(14-19-6-5-7-21(23)13-19)22(27)20-10-8-18(9-11-20)15-26-17(3)12-16(2)24-26/h5-13H,4,14-15H2,1-3H3. The zero-order chi connectivity index (χ0) is 19.4. The molecule has 3 rings (SSSR count). The van der Waals surface area contributed by atoms with Crippen molar-refractivity contribution in [3.8, 4) is 0 Å². The van der Waals surface area contributed by atoms with Gasteiger partial charge in [0.25, 0.3) is 5.91 Å². The van der Waals surface area contributed by atoms with Gasteiger partial charge in [-0.3, -0.25) is 9.48 Å². The van der Waals surface area contributed by atoms with Crippen LogP contribution in [-0.2, 0) is 13.1 Å². The summed E-state index contributed by atoms with van der Waals surface area (Å²) in [6.45, 7) is 7.55. The van der Waals surface area contributed by atoms with Gasteiger partial charge in [-0.05, 0) is 62.2 Å². The molecule has 1 aromatic heterocycles. The van der Waals surface area contributed by atoms with Crippen LogP contribution in [0.15, 0.2) is 54.6 Å². The molecule has 140 valence electrons. The molecule has 0 unspecified atom stereocenters. The summed E-state index contributed by atoms with van der Waals surface area (Å²) in [7, 11) is 0. The van der Waals surface area contributed by atoms with Crippen molar-refractivity contribution in [1.29, 1.82) is 0 Å². The van der Waals surface area contributed by atoms with Crippen LogP contribution in [0.5, 0.6) is 0 Å². The summed E-state index contributed by atoms with van der Waals surface area (Å²) in [5.41, 5.74) is 4.61. The van der Waals surface area contributed by atoms with E-state index in [0.29, 0.717) is 25.2 Å². The molecule has 4 nitrogen and oxygen atoms in total. The molecule has 3 aromatic rings. The van der Waals surface area contributed by atoms with E-state index in [9.17, 15) is 9.18 Å². The number of hydrogen-bond donors (Lipinski definition) is 0. The molecule has 2 aromatic carbocycles. The van der Waals surface area contributed by atoms with Crippen molar-refractivity contribution in [3.05, 3.63) is 88.5 Å². The number of carbonyl (C=O) groups excluding carboxylic acids is 1. The van der Waals surface area contributed by atoms with Crippen LogP contribution in [0.1, 0.15) is 39.8 Å². The lowest BCUT2D eigenvalue weighted by Gasteiger charge is -2.21. The fraction of sp³-hybridized carbons (Fsp3) is 0.273. The Morgan fingerprint density at radius 3 is 2.41 bits per heavy atom. The highest BCUT2D eigenvalue weighted by Crippen LogP contribution is 2.14. The number of halogens is 1. The van der Waals surface area contributed by atoms with Gasteiger partial charge in [-0.25, -0.2) is 4.39 Å². The molecule has 0 aliphatic heterocycles. The van der Waals surface area contributed by atoms with Gasteiger partial charge in [0, 0.05) is 24.3 Å². The largest absolute Gasteiger partial charge is 0.335 e. The Kier molecular flexibility index (Phi) is 5.69. The zero-order valence-electron chi connectivity index (χ0n) is 15.9. The SMILES string of the molecule is CCN(Cc1cccc(F)c1)C(=O)c1ccc(Cn2nc(C)cc2C)cc1. The Morgan fingerprint density at radius 1 is 1.07 bits per heavy atom. The lowest BCUT2D eigenvalue weighted by Crippen LogP contribution is -2.30. The highest BCUT2D eigenvalue weighted by atomic mass is 19.1. The molecule has 0 N–H and O–H groups in total. The van der Waals surface area contributed by atoms with E-state index in [4.69, 9.17) is 0 Å². The number of rotatable bonds is 6. The first kappa shape index (κ1) is 18.8. The van der Waals surface area contributed by atoms with E-state index in [1.807, 2.05) is 61.9 Å². The van der Waals surface area contributed by atoms with Crippen molar-refractivity contribution >= 4 is 5.91 Å². The molecule has 0 radical (unpaired) electrons. The van der Waals surface area contributed by atoms with Crippen LogP contribution >= 0.6 is 0 Å². The monoisotopic (exact) mass is 365 g/mol. The average molecular weight is 365 g/mol. The van der Waals surface area contributed by atoms with Crippen molar-refractivity contribution in [3.63, 3.8) is 0 Å². The highest BCUT2D eigenvalue weighted by molar-refractivity contribution is 5.94. The first-order valence-corrected chi connectivity index (χ1v) is 9.10. The zero-order valence-corrected chi connectivity index (χ0v) is 15.9. The topological polar surface area (TPSA) is 38.1 Å². The Bertz CT molecular complexity index is 931. The van der Waals surface area contributed by atoms with Crippen LogP contribution in [-0.4, -0.2) is 27.1 Å². The van der Waals surface area contributed by atoms with Crippen molar-refractivity contribution < 1.29 is 9.18 Å². The maximum atomic E-state index is 13.4. The van der Waals surface area contributed by atoms with E-state index in [2.05, 4.69) is 5.10 Å². The third kappa shape index (κ3) is 4.61. The number of hydrogen-bond acceptors (Lipinski definition) is 2. The summed E-state index contributed by atoms with van der Waals surface area (Å²) in [4.78, 5) is 14.5. The maximum Gasteiger partial charge on any atom is 0.254 e. The molecular formula is C22H24FN3O. The van der Waals surface area contributed by atoms with Gasteiger partial charge < -0.3 is 4.90 Å². The predicted molar refractivity (Wildman–Crippen MR) is 104 cm³/mol. The third-order valence-corrected chi connectivity index (χ3v) is 4.57. The van der Waals surface area contributed by atoms with Crippen molar-refractivity contribution in [2.45, 2.75) is 33.9 Å². The molecule has 0 fully saturated rings. The summed E-state index contributed by atoms with van der Waals surface area (Å²) >= 11 is 0. The van der Waals surface area contributed by atoms with Crippen LogP contribution in [0.2, 0.25) is 0 Å². The molecule has 0 aliphatic carbocycles. The van der Waals surface area contributed by atoms with Crippen molar-refractivity contribution in [2.24, 2.45) is 0 Å². The highest BCUT2D eigenvalue weighted by Gasteiger charge is 2.15. The molecular weight excluding hydrogens is 341 g/mol. The predicted octanol–water partition coefficient (Wildman–Crippen LogP) is 4.35. The van der Waals surface area contributed by atoms with Gasteiger partial charge in [0.05, 0.1) is 12.2 Å². The average Bonchev–Trinajstić information content (AvgIpc) is 2.97. The Hall–Kier alpha value is -2.95. The van der Waals surface area contributed by atoms with E-state index in [0.717, 1.165) is 22.5 Å². The molecule has 27 heavy (non-hydrogen) atoms. The van der Waals surface area contributed by atoms with Crippen LogP contribution in [0.25, 0.3) is 0 Å². The number of amides is 1. The molecule has 0 saturated heterocycles. The fourth-order valence-corrected chi connectivity index (χ4v) is 3.13. The number of benzene rings is 2. The summed E-state index contributed by atoms with van der Waals surface area (Å²) in [6.07, 6.45) is 0. The Balaban J connectivity index is 1.71. The molecule has 0 bridgehead atoms. The quantitative estimate of drug-likeness (QED) is 0.651. The first-order valence-electron chi connectivity index (χ1n) is 9.10. The lowest BCUT2D eigenvalue weighted by atomic mass is 10.1. The summed E-state index contributed by atoms with van der Waals surface area (Å²) < 4.78 is 15.3. The number of nitrogens with zero attached hydrogens (tertiary/aromatic N) is 3. The number of aryl methyl sites for hydroxylation is 2. The van der Waals surface area contributed by atoms with Crippen LogP contribution in [0.3, 0.4) is 0 Å². The molecule has 1 amide bonds. The number of carbonyl (C=O) groups is 1. The fourth-order valence-electron chi connectivity index (χ4n) is 3.13. The third-order valence-electron chi connectivity index (χ3n) is 4.57. The molecule has 1 heterocycles. The normalized spacial score (nSPS) is 10.8. The first-order chi connectivity index (χ1) is 13.0. The maximum absolute atomic E-state index is 13.4. The minimum atomic E-state index is -0.287. The summed E-state index contributed by atoms with van der Waals surface area (Å²) in [5.74, 6) is -0.344. The van der Waals surface area contributed by atoms with Gasteiger partial charge in [-0.15, -0.1) is 0 Å². The lowest BCUT2D eigenvalue weighted by molar-refractivity contribution is 0.0752. The second-order valence-electron chi connectivity index (χ2n) is 6.73. The van der Waals surface area contributed by atoms with Crippen LogP contribution in [0.4, 0.5) is 4.39 Å². The van der Waals surface area contributed by atoms with E-state index < -0.39 is 0 Å². The second kappa shape index (κ2) is 8.16. The van der Waals surface area contributed by atoms with Gasteiger partial charge in [0.15, 0.2) is 0 Å². The minimum Gasteiger partial charge on any atom is -0.335 e. The van der Waals surface area contributed by atoms with Gasteiger partial charge >= 0.3 is 0 Å². The van der Waals surface area contributed by atoms with E-state index >= 15 is 0 Å². The van der Waals surface area contributed by atoms with Gasteiger partial charge in [0.2, 0.25) is 0 Å². The molecule has 0 saturated carbocycles. The van der Waals surface area contributed by atoms with Crippen molar-refractivity contribution in [1.82, 2.24) is 14.7 Å². The van der Waals surface area contributed by atoms with E-state index in [-0.39, 0.29) is 11.7 Å². The van der Waals surface area contributed by atoms with Gasteiger partial charge in [-0.2, -0.15) is 5.10 Å². The summed E-state index contributed by atoms with van der Waals surface area (Å²) in [5, 5.41) is 4.47.